The van der Waals surface area contributed by atoms with Crippen LogP contribution in [-0.4, -0.2) is 18.1 Å². The molecule has 0 unspecified atom stereocenters. The highest BCUT2D eigenvalue weighted by atomic mass is 19.4. The summed E-state index contributed by atoms with van der Waals surface area (Å²) in [6.07, 6.45) is -9.20. The molecule has 0 radical (unpaired) electrons. The third-order valence-corrected chi connectivity index (χ3v) is 2.24. The lowest BCUT2D eigenvalue weighted by Gasteiger charge is -2.13. The topological polar surface area (TPSA) is 59.2 Å². The molecular weight excluding hydrogens is 277 g/mol. The summed E-state index contributed by atoms with van der Waals surface area (Å²) in [7, 11) is 0.946. The average Bonchev–Trinajstić information content (AvgIpc) is 2.26. The molecule has 106 valence electrons. The number of aromatic amines is 1. The van der Waals surface area contributed by atoms with Gasteiger partial charge in [0.2, 0.25) is 0 Å². The minimum atomic E-state index is -4.98. The van der Waals surface area contributed by atoms with Gasteiger partial charge in [0.15, 0.2) is 0 Å². The number of hydrogen-bond donors (Lipinski definition) is 1. The number of methoxy groups -OCH3 is 1. The van der Waals surface area contributed by atoms with Crippen LogP contribution in [-0.2, 0) is 22.1 Å². The van der Waals surface area contributed by atoms with E-state index in [-0.39, 0.29) is 6.07 Å². The van der Waals surface area contributed by atoms with Crippen molar-refractivity contribution < 1.29 is 31.5 Å². The number of H-pyrrole nitrogens is 1. The highest BCUT2D eigenvalue weighted by Gasteiger charge is 2.36. The van der Waals surface area contributed by atoms with Gasteiger partial charge in [0.1, 0.15) is 0 Å². The third kappa shape index (κ3) is 3.52. The van der Waals surface area contributed by atoms with Crippen LogP contribution in [0.2, 0.25) is 0 Å². The molecule has 0 atom stereocenters. The van der Waals surface area contributed by atoms with Crippen LogP contribution in [0.4, 0.5) is 22.0 Å². The highest BCUT2D eigenvalue weighted by Crippen LogP contribution is 2.32. The van der Waals surface area contributed by atoms with Gasteiger partial charge in [-0.25, -0.2) is 8.78 Å². The second kappa shape index (κ2) is 5.37. The number of ether oxygens (including phenoxy) is 1. The van der Waals surface area contributed by atoms with Gasteiger partial charge in [-0.3, -0.25) is 9.59 Å². The molecule has 0 bridgehead atoms. The molecule has 0 fully saturated rings. The van der Waals surface area contributed by atoms with E-state index in [9.17, 15) is 31.5 Å². The van der Waals surface area contributed by atoms with Crippen molar-refractivity contribution in [3.8, 4) is 0 Å². The fraction of sp³-hybridized carbons (Fsp3) is 0.400. The summed E-state index contributed by atoms with van der Waals surface area (Å²) in [6, 6.07) is 0.0434. The van der Waals surface area contributed by atoms with Gasteiger partial charge in [0.25, 0.3) is 12.0 Å². The van der Waals surface area contributed by atoms with E-state index in [2.05, 4.69) is 4.74 Å². The predicted octanol–water partition coefficient (Wildman–Crippen LogP) is 2.05. The van der Waals surface area contributed by atoms with Crippen LogP contribution in [0.1, 0.15) is 23.2 Å². The van der Waals surface area contributed by atoms with Crippen LogP contribution in [0, 0.1) is 0 Å². The van der Waals surface area contributed by atoms with E-state index in [4.69, 9.17) is 0 Å². The Morgan fingerprint density at radius 2 is 2.00 bits per heavy atom. The van der Waals surface area contributed by atoms with Gasteiger partial charge in [-0.15, -0.1) is 0 Å². The van der Waals surface area contributed by atoms with Crippen molar-refractivity contribution in [2.75, 3.05) is 7.11 Å². The second-order valence-electron chi connectivity index (χ2n) is 3.50. The molecular formula is C10H8F5NO3. The number of esters is 1. The lowest BCUT2D eigenvalue weighted by atomic mass is 10.1. The normalized spacial score (nSPS) is 11.7. The summed E-state index contributed by atoms with van der Waals surface area (Å²) >= 11 is 0. The van der Waals surface area contributed by atoms with Gasteiger partial charge in [0, 0.05) is 5.69 Å². The van der Waals surface area contributed by atoms with Crippen molar-refractivity contribution >= 4 is 5.97 Å². The van der Waals surface area contributed by atoms with Crippen molar-refractivity contribution in [3.63, 3.8) is 0 Å². The zero-order valence-corrected chi connectivity index (χ0v) is 9.48. The van der Waals surface area contributed by atoms with E-state index in [1.807, 2.05) is 0 Å². The Hall–Kier alpha value is -1.93. The molecule has 0 aromatic carbocycles. The predicted molar refractivity (Wildman–Crippen MR) is 52.7 cm³/mol. The lowest BCUT2D eigenvalue weighted by molar-refractivity contribution is -0.141. The van der Waals surface area contributed by atoms with Gasteiger partial charge in [0.05, 0.1) is 24.7 Å². The Kier molecular flexibility index (Phi) is 4.28. The molecule has 0 aliphatic carbocycles. The quantitative estimate of drug-likeness (QED) is 0.683. The molecule has 19 heavy (non-hydrogen) atoms. The Morgan fingerprint density at radius 1 is 1.42 bits per heavy atom. The third-order valence-electron chi connectivity index (χ3n) is 2.24. The summed E-state index contributed by atoms with van der Waals surface area (Å²) in [6.45, 7) is 0. The molecule has 9 heteroatoms. The molecule has 0 saturated heterocycles. The number of rotatable bonds is 3. The number of alkyl halides is 5. The van der Waals surface area contributed by atoms with E-state index in [0.717, 1.165) is 7.11 Å². The molecule has 0 aliphatic rings. The van der Waals surface area contributed by atoms with Crippen molar-refractivity contribution in [1.82, 2.24) is 4.98 Å². The maximum absolute atomic E-state index is 12.7. The summed E-state index contributed by atoms with van der Waals surface area (Å²) in [5, 5.41) is 0. The van der Waals surface area contributed by atoms with Crippen molar-refractivity contribution in [3.05, 3.63) is 33.2 Å². The maximum atomic E-state index is 12.7. The average molecular weight is 285 g/mol. The first-order chi connectivity index (χ1) is 8.66. The van der Waals surface area contributed by atoms with Crippen molar-refractivity contribution in [2.45, 2.75) is 19.0 Å². The summed E-state index contributed by atoms with van der Waals surface area (Å²) < 4.78 is 66.9. The van der Waals surface area contributed by atoms with Crippen LogP contribution in [0.5, 0.6) is 0 Å². The van der Waals surface area contributed by atoms with E-state index in [1.165, 1.54) is 0 Å². The molecule has 1 N–H and O–H groups in total. The van der Waals surface area contributed by atoms with Crippen molar-refractivity contribution in [2.24, 2.45) is 0 Å². The van der Waals surface area contributed by atoms with Gasteiger partial charge >= 0.3 is 12.1 Å². The Bertz CT molecular complexity index is 535. The Morgan fingerprint density at radius 3 is 2.42 bits per heavy atom. The van der Waals surface area contributed by atoms with Crippen molar-refractivity contribution in [1.29, 1.82) is 0 Å². The molecule has 1 aromatic rings. The van der Waals surface area contributed by atoms with E-state index >= 15 is 0 Å². The molecule has 1 rings (SSSR count). The molecule has 0 spiro atoms. The first kappa shape index (κ1) is 15.1. The molecule has 0 saturated carbocycles. The van der Waals surface area contributed by atoms with E-state index in [1.54, 1.807) is 4.98 Å². The number of carbonyl (C=O) groups is 1. The summed E-state index contributed by atoms with van der Waals surface area (Å²) in [4.78, 5) is 23.7. The molecule has 4 nitrogen and oxygen atoms in total. The number of pyridine rings is 1. The largest absolute Gasteiger partial charge is 0.469 e. The number of hydrogen-bond acceptors (Lipinski definition) is 3. The fourth-order valence-electron chi connectivity index (χ4n) is 1.36. The number of halogens is 5. The Labute approximate surface area is 103 Å². The SMILES string of the molecule is COC(=O)Cc1[nH]c(=O)c(C(F)F)cc1C(F)(F)F. The zero-order chi connectivity index (χ0) is 14.8. The first-order valence-corrected chi connectivity index (χ1v) is 4.85. The fourth-order valence-corrected chi connectivity index (χ4v) is 1.36. The first-order valence-electron chi connectivity index (χ1n) is 4.85. The number of carbonyl (C=O) groups excluding carboxylic acids is 1. The molecule has 1 aromatic heterocycles. The van der Waals surface area contributed by atoms with Gasteiger partial charge in [-0.2, -0.15) is 13.2 Å². The van der Waals surface area contributed by atoms with Gasteiger partial charge in [-0.05, 0) is 6.07 Å². The summed E-state index contributed by atoms with van der Waals surface area (Å²) in [5.74, 6) is -1.04. The summed E-state index contributed by atoms with van der Waals surface area (Å²) in [5.41, 5.74) is -4.98. The smallest absolute Gasteiger partial charge is 0.418 e. The Balaban J connectivity index is 3.41. The number of nitrogens with one attached hydrogen (secondary N) is 1. The maximum Gasteiger partial charge on any atom is 0.418 e. The van der Waals surface area contributed by atoms with Crippen LogP contribution in [0.3, 0.4) is 0 Å². The van der Waals surface area contributed by atoms with Gasteiger partial charge < -0.3 is 9.72 Å². The van der Waals surface area contributed by atoms with Crippen LogP contribution < -0.4 is 5.56 Å². The van der Waals surface area contributed by atoms with E-state index < -0.39 is 47.4 Å². The van der Waals surface area contributed by atoms with Crippen LogP contribution in [0.15, 0.2) is 10.9 Å². The van der Waals surface area contributed by atoms with Crippen LogP contribution in [0.25, 0.3) is 0 Å². The molecule has 0 amide bonds. The van der Waals surface area contributed by atoms with Gasteiger partial charge in [-0.1, -0.05) is 0 Å². The molecule has 0 aliphatic heterocycles. The second-order valence-corrected chi connectivity index (χ2v) is 3.50. The standard InChI is InChI=1S/C10H8F5NO3/c1-19-7(17)3-6-5(10(13,14)15)2-4(8(11)12)9(18)16-6/h2,8H,3H2,1H3,(H,16,18). The zero-order valence-electron chi connectivity index (χ0n) is 9.48. The minimum Gasteiger partial charge on any atom is -0.469 e. The van der Waals surface area contributed by atoms with Crippen LogP contribution >= 0.6 is 0 Å². The highest BCUT2D eigenvalue weighted by molar-refractivity contribution is 5.72. The number of aromatic nitrogens is 1. The molecule has 1 heterocycles. The lowest BCUT2D eigenvalue weighted by Crippen LogP contribution is -2.23. The van der Waals surface area contributed by atoms with E-state index in [0.29, 0.717) is 0 Å². The monoisotopic (exact) mass is 285 g/mol. The minimum absolute atomic E-state index is 0.0434.